The van der Waals surface area contributed by atoms with Gasteiger partial charge in [-0.1, -0.05) is 62.6 Å². The van der Waals surface area contributed by atoms with E-state index in [2.05, 4.69) is 37.8 Å². The summed E-state index contributed by atoms with van der Waals surface area (Å²) in [7, 11) is 0. The lowest BCUT2D eigenvalue weighted by atomic mass is 9.96. The molecule has 0 spiro atoms. The SMILES string of the molecule is C=CC[C@@H]1C[C@@H](C)[C@H](CCCCCCOCc2ccccc2)O1. The molecular formula is C21H32O2. The van der Waals surface area contributed by atoms with E-state index in [1.54, 1.807) is 0 Å². The van der Waals surface area contributed by atoms with E-state index in [1.807, 2.05) is 12.1 Å². The Bertz CT molecular complexity index is 429. The van der Waals surface area contributed by atoms with Gasteiger partial charge in [-0.2, -0.15) is 0 Å². The molecule has 1 aromatic carbocycles. The highest BCUT2D eigenvalue weighted by molar-refractivity contribution is 5.13. The lowest BCUT2D eigenvalue weighted by Crippen LogP contribution is -2.14. The van der Waals surface area contributed by atoms with Gasteiger partial charge in [0.1, 0.15) is 0 Å². The molecule has 0 amide bonds. The Labute approximate surface area is 141 Å². The van der Waals surface area contributed by atoms with Crippen molar-refractivity contribution in [2.24, 2.45) is 5.92 Å². The van der Waals surface area contributed by atoms with Crippen molar-refractivity contribution in [1.82, 2.24) is 0 Å². The van der Waals surface area contributed by atoms with Crippen LogP contribution >= 0.6 is 0 Å². The predicted molar refractivity (Wildman–Crippen MR) is 96.4 cm³/mol. The molecule has 3 atom stereocenters. The van der Waals surface area contributed by atoms with E-state index in [0.717, 1.165) is 26.1 Å². The van der Waals surface area contributed by atoms with Crippen LogP contribution in [-0.4, -0.2) is 18.8 Å². The molecule has 23 heavy (non-hydrogen) atoms. The van der Waals surface area contributed by atoms with Gasteiger partial charge < -0.3 is 9.47 Å². The van der Waals surface area contributed by atoms with E-state index >= 15 is 0 Å². The minimum atomic E-state index is 0.416. The maximum Gasteiger partial charge on any atom is 0.0716 e. The van der Waals surface area contributed by atoms with E-state index in [0.29, 0.717) is 18.1 Å². The third kappa shape index (κ3) is 6.88. The van der Waals surface area contributed by atoms with Crippen molar-refractivity contribution in [3.8, 4) is 0 Å². The average Bonchev–Trinajstić information content (AvgIpc) is 2.91. The van der Waals surface area contributed by atoms with Crippen LogP contribution in [0, 0.1) is 5.92 Å². The van der Waals surface area contributed by atoms with Crippen LogP contribution in [0.25, 0.3) is 0 Å². The lowest BCUT2D eigenvalue weighted by Gasteiger charge is -2.15. The van der Waals surface area contributed by atoms with E-state index in [9.17, 15) is 0 Å². The van der Waals surface area contributed by atoms with Crippen molar-refractivity contribution >= 4 is 0 Å². The van der Waals surface area contributed by atoms with Gasteiger partial charge in [0.25, 0.3) is 0 Å². The molecule has 0 aromatic heterocycles. The van der Waals surface area contributed by atoms with Gasteiger partial charge in [0.2, 0.25) is 0 Å². The van der Waals surface area contributed by atoms with Crippen molar-refractivity contribution in [2.45, 2.75) is 70.7 Å². The summed E-state index contributed by atoms with van der Waals surface area (Å²) in [4.78, 5) is 0. The summed E-state index contributed by atoms with van der Waals surface area (Å²) in [6, 6.07) is 10.4. The van der Waals surface area contributed by atoms with Crippen molar-refractivity contribution in [3.05, 3.63) is 48.6 Å². The molecule has 2 rings (SSSR count). The Morgan fingerprint density at radius 3 is 2.74 bits per heavy atom. The van der Waals surface area contributed by atoms with Gasteiger partial charge in [0, 0.05) is 6.61 Å². The molecule has 0 unspecified atom stereocenters. The van der Waals surface area contributed by atoms with Gasteiger partial charge in [0.05, 0.1) is 18.8 Å². The van der Waals surface area contributed by atoms with Crippen LogP contribution in [0.15, 0.2) is 43.0 Å². The molecule has 0 radical (unpaired) electrons. The Kier molecular flexibility index (Phi) is 8.41. The van der Waals surface area contributed by atoms with Crippen LogP contribution < -0.4 is 0 Å². The molecule has 1 fully saturated rings. The minimum Gasteiger partial charge on any atom is -0.377 e. The second-order valence-corrected chi connectivity index (χ2v) is 6.77. The average molecular weight is 316 g/mol. The third-order valence-corrected chi connectivity index (χ3v) is 4.71. The van der Waals surface area contributed by atoms with E-state index in [4.69, 9.17) is 9.47 Å². The quantitative estimate of drug-likeness (QED) is 0.395. The molecule has 2 nitrogen and oxygen atoms in total. The normalized spacial score (nSPS) is 24.0. The number of hydrogen-bond acceptors (Lipinski definition) is 2. The molecular weight excluding hydrogens is 284 g/mol. The molecule has 0 saturated carbocycles. The first-order valence-electron chi connectivity index (χ1n) is 9.17. The molecule has 1 aliphatic heterocycles. The maximum absolute atomic E-state index is 6.11. The molecule has 0 N–H and O–H groups in total. The number of hydrogen-bond donors (Lipinski definition) is 0. The molecule has 0 aliphatic carbocycles. The summed E-state index contributed by atoms with van der Waals surface area (Å²) in [5.41, 5.74) is 1.26. The van der Waals surface area contributed by atoms with Crippen molar-refractivity contribution < 1.29 is 9.47 Å². The highest BCUT2D eigenvalue weighted by Gasteiger charge is 2.30. The van der Waals surface area contributed by atoms with Crippen LogP contribution in [0.2, 0.25) is 0 Å². The fourth-order valence-corrected chi connectivity index (χ4v) is 3.36. The largest absolute Gasteiger partial charge is 0.377 e. The lowest BCUT2D eigenvalue weighted by molar-refractivity contribution is 0.0314. The van der Waals surface area contributed by atoms with Crippen LogP contribution in [0.4, 0.5) is 0 Å². The number of rotatable bonds is 11. The summed E-state index contributed by atoms with van der Waals surface area (Å²) in [6.45, 7) is 7.74. The molecule has 128 valence electrons. The Balaban J connectivity index is 1.44. The highest BCUT2D eigenvalue weighted by Crippen LogP contribution is 2.31. The smallest absolute Gasteiger partial charge is 0.0716 e. The zero-order valence-electron chi connectivity index (χ0n) is 14.6. The van der Waals surface area contributed by atoms with Crippen molar-refractivity contribution in [2.75, 3.05) is 6.61 Å². The minimum absolute atomic E-state index is 0.416. The second kappa shape index (κ2) is 10.6. The maximum atomic E-state index is 6.11. The van der Waals surface area contributed by atoms with Crippen LogP contribution in [0.5, 0.6) is 0 Å². The standard InChI is InChI=1S/C21H32O2/c1-3-11-20-16-18(2)21(23-20)14-9-4-5-10-15-22-17-19-12-7-6-8-13-19/h3,6-8,12-13,18,20-21H,1,4-5,9-11,14-17H2,2H3/t18-,20-,21+/m1/s1. The molecule has 0 bridgehead atoms. The van der Waals surface area contributed by atoms with Gasteiger partial charge in [0.15, 0.2) is 0 Å². The highest BCUT2D eigenvalue weighted by atomic mass is 16.5. The summed E-state index contributed by atoms with van der Waals surface area (Å²) in [6.07, 6.45) is 11.2. The van der Waals surface area contributed by atoms with Crippen molar-refractivity contribution in [3.63, 3.8) is 0 Å². The van der Waals surface area contributed by atoms with Gasteiger partial charge in [-0.15, -0.1) is 6.58 Å². The van der Waals surface area contributed by atoms with Crippen LogP contribution in [0.1, 0.15) is 57.4 Å². The number of benzene rings is 1. The summed E-state index contributed by atoms with van der Waals surface area (Å²) in [5.74, 6) is 0.703. The fourth-order valence-electron chi connectivity index (χ4n) is 3.36. The van der Waals surface area contributed by atoms with Gasteiger partial charge in [-0.05, 0) is 37.2 Å². The molecule has 1 aromatic rings. The summed E-state index contributed by atoms with van der Waals surface area (Å²) >= 11 is 0. The van der Waals surface area contributed by atoms with Crippen molar-refractivity contribution in [1.29, 1.82) is 0 Å². The van der Waals surface area contributed by atoms with Crippen LogP contribution in [-0.2, 0) is 16.1 Å². The van der Waals surface area contributed by atoms with Gasteiger partial charge in [-0.3, -0.25) is 0 Å². The Morgan fingerprint density at radius 1 is 1.17 bits per heavy atom. The second-order valence-electron chi connectivity index (χ2n) is 6.77. The zero-order valence-corrected chi connectivity index (χ0v) is 14.6. The third-order valence-electron chi connectivity index (χ3n) is 4.71. The fraction of sp³-hybridized carbons (Fsp3) is 0.619. The Morgan fingerprint density at radius 2 is 1.96 bits per heavy atom. The first kappa shape index (κ1) is 18.2. The molecule has 1 heterocycles. The molecule has 1 aliphatic rings. The van der Waals surface area contributed by atoms with E-state index in [1.165, 1.54) is 37.7 Å². The summed E-state index contributed by atoms with van der Waals surface area (Å²) < 4.78 is 11.8. The summed E-state index contributed by atoms with van der Waals surface area (Å²) in [5, 5.41) is 0. The van der Waals surface area contributed by atoms with Gasteiger partial charge in [-0.25, -0.2) is 0 Å². The number of ether oxygens (including phenoxy) is 2. The van der Waals surface area contributed by atoms with Crippen LogP contribution in [0.3, 0.4) is 0 Å². The topological polar surface area (TPSA) is 18.5 Å². The molecule has 2 heteroatoms. The Hall–Kier alpha value is -1.12. The first-order valence-corrected chi connectivity index (χ1v) is 9.17. The van der Waals surface area contributed by atoms with E-state index in [-0.39, 0.29) is 0 Å². The number of unbranched alkanes of at least 4 members (excludes halogenated alkanes) is 3. The first-order chi connectivity index (χ1) is 11.3. The van der Waals surface area contributed by atoms with Gasteiger partial charge >= 0.3 is 0 Å². The predicted octanol–water partition coefficient (Wildman–Crippen LogP) is 5.52. The zero-order chi connectivity index (χ0) is 16.3. The monoisotopic (exact) mass is 316 g/mol. The van der Waals surface area contributed by atoms with E-state index < -0.39 is 0 Å². The molecule has 1 saturated heterocycles.